The first kappa shape index (κ1) is 13.2. The van der Waals surface area contributed by atoms with Crippen molar-refractivity contribution < 1.29 is 0 Å². The van der Waals surface area contributed by atoms with E-state index in [1.54, 1.807) is 11.3 Å². The van der Waals surface area contributed by atoms with Crippen LogP contribution >= 0.6 is 11.3 Å². The van der Waals surface area contributed by atoms with Crippen molar-refractivity contribution in [1.29, 1.82) is 0 Å². The van der Waals surface area contributed by atoms with Crippen molar-refractivity contribution in [3.05, 3.63) is 33.0 Å². The summed E-state index contributed by atoms with van der Waals surface area (Å²) < 4.78 is 1.91. The van der Waals surface area contributed by atoms with E-state index >= 15 is 0 Å². The fraction of sp³-hybridized carbons (Fsp3) is 0.538. The quantitative estimate of drug-likeness (QED) is 0.921. The van der Waals surface area contributed by atoms with Crippen LogP contribution in [0.1, 0.15) is 32.9 Å². The van der Waals surface area contributed by atoms with Gasteiger partial charge in [-0.05, 0) is 27.8 Å². The van der Waals surface area contributed by atoms with Crippen LogP contribution in [0.15, 0.2) is 6.20 Å². The van der Waals surface area contributed by atoms with E-state index in [-0.39, 0.29) is 6.04 Å². The molecule has 0 fully saturated rings. The maximum absolute atomic E-state index is 4.61. The van der Waals surface area contributed by atoms with Crippen LogP contribution in [0.25, 0.3) is 0 Å². The van der Waals surface area contributed by atoms with Gasteiger partial charge in [-0.3, -0.25) is 4.68 Å². The molecule has 2 heterocycles. The number of likely N-dealkylation sites (N-methyl/N-ethyl adjacent to an activating group) is 1. The van der Waals surface area contributed by atoms with E-state index in [1.807, 2.05) is 25.0 Å². The third-order valence-electron chi connectivity index (χ3n) is 3.45. The summed E-state index contributed by atoms with van der Waals surface area (Å²) in [5.41, 5.74) is 3.61. The molecule has 4 nitrogen and oxygen atoms in total. The van der Waals surface area contributed by atoms with Gasteiger partial charge in [-0.1, -0.05) is 0 Å². The molecule has 2 aromatic heterocycles. The van der Waals surface area contributed by atoms with Crippen LogP contribution in [0, 0.1) is 20.8 Å². The van der Waals surface area contributed by atoms with Gasteiger partial charge in [-0.25, -0.2) is 4.98 Å². The minimum absolute atomic E-state index is 0.281. The highest BCUT2D eigenvalue weighted by molar-refractivity contribution is 7.11. The Kier molecular flexibility index (Phi) is 3.82. The van der Waals surface area contributed by atoms with Gasteiger partial charge in [0.1, 0.15) is 0 Å². The summed E-state index contributed by atoms with van der Waals surface area (Å²) in [5.74, 6) is 0. The lowest BCUT2D eigenvalue weighted by Crippen LogP contribution is -2.19. The number of thiazole rings is 1. The first-order valence-electron chi connectivity index (χ1n) is 6.11. The molecule has 0 radical (unpaired) electrons. The minimum Gasteiger partial charge on any atom is -0.313 e. The van der Waals surface area contributed by atoms with Gasteiger partial charge in [-0.2, -0.15) is 5.10 Å². The zero-order valence-electron chi connectivity index (χ0n) is 11.6. The predicted octanol–water partition coefficient (Wildman–Crippen LogP) is 2.31. The molecular weight excluding hydrogens is 244 g/mol. The molecule has 5 heteroatoms. The highest BCUT2D eigenvalue weighted by Crippen LogP contribution is 2.24. The molecule has 1 N–H and O–H groups in total. The average molecular weight is 264 g/mol. The Morgan fingerprint density at radius 3 is 2.56 bits per heavy atom. The van der Waals surface area contributed by atoms with Crippen molar-refractivity contribution in [2.24, 2.45) is 7.05 Å². The summed E-state index contributed by atoms with van der Waals surface area (Å²) in [4.78, 5) is 5.92. The zero-order valence-corrected chi connectivity index (χ0v) is 12.4. The second-order valence-electron chi connectivity index (χ2n) is 4.60. The number of nitrogens with zero attached hydrogens (tertiary/aromatic N) is 3. The number of aromatic nitrogens is 3. The Hall–Kier alpha value is -1.20. The van der Waals surface area contributed by atoms with Crippen molar-refractivity contribution in [3.63, 3.8) is 0 Å². The minimum atomic E-state index is 0.281. The molecular formula is C13H20N4S. The van der Waals surface area contributed by atoms with Crippen molar-refractivity contribution in [2.75, 3.05) is 7.05 Å². The zero-order chi connectivity index (χ0) is 13.3. The number of rotatable bonds is 4. The molecule has 1 atom stereocenters. The van der Waals surface area contributed by atoms with E-state index < -0.39 is 0 Å². The lowest BCUT2D eigenvalue weighted by Gasteiger charge is -2.14. The number of nitrogens with one attached hydrogen (secondary N) is 1. The highest BCUT2D eigenvalue weighted by atomic mass is 32.1. The van der Waals surface area contributed by atoms with Crippen LogP contribution in [0.4, 0.5) is 0 Å². The van der Waals surface area contributed by atoms with Gasteiger partial charge in [-0.15, -0.1) is 11.3 Å². The Balaban J connectivity index is 2.22. The molecule has 0 aliphatic rings. The van der Waals surface area contributed by atoms with Gasteiger partial charge in [0.25, 0.3) is 0 Å². The Labute approximate surface area is 112 Å². The van der Waals surface area contributed by atoms with Crippen LogP contribution in [-0.2, 0) is 13.5 Å². The van der Waals surface area contributed by atoms with Crippen molar-refractivity contribution in [3.8, 4) is 0 Å². The topological polar surface area (TPSA) is 42.7 Å². The molecule has 0 spiro atoms. The van der Waals surface area contributed by atoms with Gasteiger partial charge in [0, 0.05) is 35.6 Å². The van der Waals surface area contributed by atoms with Crippen LogP contribution in [0.5, 0.6) is 0 Å². The molecule has 0 saturated heterocycles. The average Bonchev–Trinajstić information content (AvgIpc) is 2.82. The molecule has 0 saturated carbocycles. The fourth-order valence-corrected chi connectivity index (χ4v) is 3.01. The largest absolute Gasteiger partial charge is 0.313 e. The summed E-state index contributed by atoms with van der Waals surface area (Å²) in [6, 6.07) is 0.281. The second kappa shape index (κ2) is 5.20. The van der Waals surface area contributed by atoms with Crippen LogP contribution in [0.2, 0.25) is 0 Å². The first-order chi connectivity index (χ1) is 8.52. The van der Waals surface area contributed by atoms with E-state index in [0.29, 0.717) is 0 Å². The van der Waals surface area contributed by atoms with E-state index in [9.17, 15) is 0 Å². The molecule has 2 rings (SSSR count). The monoisotopic (exact) mass is 264 g/mol. The van der Waals surface area contributed by atoms with Crippen LogP contribution < -0.4 is 5.32 Å². The van der Waals surface area contributed by atoms with Crippen LogP contribution in [-0.4, -0.2) is 21.8 Å². The standard InChI is InChI=1S/C13H20N4S/c1-8-10(3)18-13(16-8)6-12(14-4)11-7-15-17(5)9(11)2/h7,12,14H,6H2,1-5H3. The second-order valence-corrected chi connectivity index (χ2v) is 5.89. The van der Waals surface area contributed by atoms with E-state index in [4.69, 9.17) is 0 Å². The molecule has 0 aromatic carbocycles. The molecule has 18 heavy (non-hydrogen) atoms. The summed E-state index contributed by atoms with van der Waals surface area (Å²) >= 11 is 1.79. The Morgan fingerprint density at radius 2 is 2.11 bits per heavy atom. The van der Waals surface area contributed by atoms with E-state index in [1.165, 1.54) is 21.1 Å². The normalized spacial score (nSPS) is 12.9. The van der Waals surface area contributed by atoms with Gasteiger partial charge < -0.3 is 5.32 Å². The molecule has 0 amide bonds. The lowest BCUT2D eigenvalue weighted by atomic mass is 10.1. The van der Waals surface area contributed by atoms with Crippen molar-refractivity contribution in [1.82, 2.24) is 20.1 Å². The van der Waals surface area contributed by atoms with Gasteiger partial charge in [0.05, 0.1) is 16.9 Å². The Morgan fingerprint density at radius 1 is 1.39 bits per heavy atom. The van der Waals surface area contributed by atoms with Gasteiger partial charge in [0.15, 0.2) is 0 Å². The molecule has 0 bridgehead atoms. The van der Waals surface area contributed by atoms with E-state index in [0.717, 1.165) is 12.1 Å². The first-order valence-corrected chi connectivity index (χ1v) is 6.93. The number of aryl methyl sites for hydroxylation is 3. The molecule has 1 unspecified atom stereocenters. The number of hydrogen-bond acceptors (Lipinski definition) is 4. The van der Waals surface area contributed by atoms with E-state index in [2.05, 4.69) is 36.2 Å². The maximum atomic E-state index is 4.61. The molecule has 0 aliphatic heterocycles. The molecule has 0 aliphatic carbocycles. The highest BCUT2D eigenvalue weighted by Gasteiger charge is 2.17. The lowest BCUT2D eigenvalue weighted by molar-refractivity contribution is 0.584. The summed E-state index contributed by atoms with van der Waals surface area (Å²) in [6.45, 7) is 6.30. The van der Waals surface area contributed by atoms with Crippen molar-refractivity contribution >= 4 is 11.3 Å². The molecule has 2 aromatic rings. The summed E-state index contributed by atoms with van der Waals surface area (Å²) in [5, 5.41) is 8.86. The smallest absolute Gasteiger partial charge is 0.0949 e. The predicted molar refractivity (Wildman–Crippen MR) is 75.0 cm³/mol. The van der Waals surface area contributed by atoms with Crippen LogP contribution in [0.3, 0.4) is 0 Å². The summed E-state index contributed by atoms with van der Waals surface area (Å²) in [6.07, 6.45) is 2.87. The fourth-order valence-electron chi connectivity index (χ4n) is 2.03. The third-order valence-corrected chi connectivity index (χ3v) is 4.54. The third kappa shape index (κ3) is 2.47. The maximum Gasteiger partial charge on any atom is 0.0949 e. The molecule has 98 valence electrons. The SMILES string of the molecule is CNC(Cc1nc(C)c(C)s1)c1cnn(C)c1C. The van der Waals surface area contributed by atoms with Gasteiger partial charge in [0.2, 0.25) is 0 Å². The Bertz CT molecular complexity index is 522. The number of hydrogen-bond donors (Lipinski definition) is 1. The summed E-state index contributed by atoms with van der Waals surface area (Å²) in [7, 11) is 3.97. The van der Waals surface area contributed by atoms with Crippen molar-refractivity contribution in [2.45, 2.75) is 33.2 Å². The van der Waals surface area contributed by atoms with Gasteiger partial charge >= 0.3 is 0 Å².